The Kier molecular flexibility index (Phi) is 7.27. The third-order valence-electron chi connectivity index (χ3n) is 6.08. The minimum absolute atomic E-state index is 0.0185. The van der Waals surface area contributed by atoms with Gasteiger partial charge < -0.3 is 10.1 Å². The number of ether oxygens (including phenoxy) is 1. The Bertz CT molecular complexity index is 708. The summed E-state index contributed by atoms with van der Waals surface area (Å²) in [5.41, 5.74) is 0.331. The lowest BCUT2D eigenvalue weighted by molar-refractivity contribution is -0.105. The topological polar surface area (TPSA) is 38.3 Å². The standard InChI is InChI=1S/C22H29Cl2NO2S/c1-22(2,21(28)27-20-6-4-3-5-19(20)25-13-26)12-16-11-18(24)17(23)10-15(16)9-14-7-8-14/h3-6,13-18H,7-12H2,1-2H3,(H,25,26)/t15?,16?,17?,18-/m0/s1. The van der Waals surface area contributed by atoms with Crippen LogP contribution in [-0.4, -0.2) is 22.2 Å². The molecular formula is C22H29Cl2NO2S. The van der Waals surface area contributed by atoms with Gasteiger partial charge >= 0.3 is 0 Å². The Morgan fingerprint density at radius 2 is 1.86 bits per heavy atom. The van der Waals surface area contributed by atoms with Crippen LogP contribution in [0, 0.1) is 23.2 Å². The maximum absolute atomic E-state index is 10.8. The van der Waals surface area contributed by atoms with E-state index in [1.54, 1.807) is 6.07 Å². The number of amides is 1. The molecule has 3 nitrogen and oxygen atoms in total. The van der Waals surface area contributed by atoms with Gasteiger partial charge in [-0.2, -0.15) is 0 Å². The Labute approximate surface area is 183 Å². The largest absolute Gasteiger partial charge is 0.448 e. The average Bonchev–Trinajstić information content (AvgIpc) is 3.45. The molecule has 1 amide bonds. The molecule has 0 radical (unpaired) electrons. The molecule has 4 atom stereocenters. The van der Waals surface area contributed by atoms with Crippen molar-refractivity contribution < 1.29 is 9.53 Å². The van der Waals surface area contributed by atoms with Crippen molar-refractivity contribution in [1.82, 2.24) is 0 Å². The molecule has 1 N–H and O–H groups in total. The van der Waals surface area contributed by atoms with Crippen molar-refractivity contribution in [2.24, 2.45) is 23.2 Å². The van der Waals surface area contributed by atoms with E-state index in [4.69, 9.17) is 40.2 Å². The number of anilines is 1. The van der Waals surface area contributed by atoms with Crippen LogP contribution in [0.3, 0.4) is 0 Å². The van der Waals surface area contributed by atoms with Crippen molar-refractivity contribution in [2.45, 2.75) is 63.1 Å². The third kappa shape index (κ3) is 5.61. The van der Waals surface area contributed by atoms with Crippen molar-refractivity contribution in [3.63, 3.8) is 0 Å². The van der Waals surface area contributed by atoms with Crippen LogP contribution in [0.15, 0.2) is 24.3 Å². The summed E-state index contributed by atoms with van der Waals surface area (Å²) < 4.78 is 6.03. The second-order valence-corrected chi connectivity index (χ2v) is 10.4. The minimum atomic E-state index is -0.286. The molecule has 2 aliphatic rings. The smallest absolute Gasteiger partial charge is 0.211 e. The fourth-order valence-corrected chi connectivity index (χ4v) is 5.13. The van der Waals surface area contributed by atoms with Gasteiger partial charge in [-0.3, -0.25) is 4.79 Å². The van der Waals surface area contributed by atoms with Gasteiger partial charge in [-0.05, 0) is 67.8 Å². The van der Waals surface area contributed by atoms with Crippen molar-refractivity contribution in [3.8, 4) is 5.75 Å². The van der Waals surface area contributed by atoms with Crippen LogP contribution in [-0.2, 0) is 4.79 Å². The third-order valence-corrected chi connectivity index (χ3v) is 7.81. The van der Waals surface area contributed by atoms with Crippen LogP contribution in [0.4, 0.5) is 5.69 Å². The van der Waals surface area contributed by atoms with E-state index in [0.717, 1.165) is 25.2 Å². The molecule has 0 aromatic heterocycles. The molecule has 2 aliphatic carbocycles. The molecule has 0 spiro atoms. The van der Waals surface area contributed by atoms with Crippen LogP contribution in [0.2, 0.25) is 0 Å². The predicted molar refractivity (Wildman–Crippen MR) is 121 cm³/mol. The number of halogens is 2. The molecule has 0 bridgehead atoms. The van der Waals surface area contributed by atoms with Crippen LogP contribution >= 0.6 is 35.4 Å². The summed E-state index contributed by atoms with van der Waals surface area (Å²) in [6.45, 7) is 4.27. The van der Waals surface area contributed by atoms with Gasteiger partial charge in [0.15, 0.2) is 10.8 Å². The van der Waals surface area contributed by atoms with E-state index in [1.807, 2.05) is 18.2 Å². The van der Waals surface area contributed by atoms with Gasteiger partial charge in [0.25, 0.3) is 0 Å². The zero-order valence-corrected chi connectivity index (χ0v) is 18.8. The van der Waals surface area contributed by atoms with Crippen LogP contribution in [0.25, 0.3) is 0 Å². The predicted octanol–water partition coefficient (Wildman–Crippen LogP) is 6.42. The zero-order valence-electron chi connectivity index (χ0n) is 16.5. The highest BCUT2D eigenvalue weighted by atomic mass is 35.5. The number of hydrogen-bond acceptors (Lipinski definition) is 3. The number of thiocarbonyl (C=S) groups is 1. The first kappa shape index (κ1) is 21.9. The van der Waals surface area contributed by atoms with Crippen molar-refractivity contribution in [2.75, 3.05) is 5.32 Å². The number of carbonyl (C=O) groups is 1. The number of benzene rings is 1. The van der Waals surface area contributed by atoms with E-state index in [0.29, 0.717) is 34.7 Å². The highest BCUT2D eigenvalue weighted by Crippen LogP contribution is 2.48. The van der Waals surface area contributed by atoms with E-state index < -0.39 is 0 Å². The quantitative estimate of drug-likeness (QED) is 0.287. The van der Waals surface area contributed by atoms with Gasteiger partial charge in [0, 0.05) is 5.41 Å². The van der Waals surface area contributed by atoms with Crippen LogP contribution in [0.5, 0.6) is 5.75 Å². The van der Waals surface area contributed by atoms with E-state index in [-0.39, 0.29) is 16.2 Å². The van der Waals surface area contributed by atoms with Crippen molar-refractivity contribution in [3.05, 3.63) is 24.3 Å². The molecule has 28 heavy (non-hydrogen) atoms. The van der Waals surface area contributed by atoms with Gasteiger partial charge in [0.1, 0.15) is 0 Å². The normalized spacial score (nSPS) is 27.9. The summed E-state index contributed by atoms with van der Waals surface area (Å²) in [4.78, 5) is 10.8. The Morgan fingerprint density at radius 3 is 2.50 bits per heavy atom. The Balaban J connectivity index is 1.68. The Hall–Kier alpha value is -0.840. The van der Waals surface area contributed by atoms with E-state index in [2.05, 4.69) is 19.2 Å². The molecule has 1 aromatic carbocycles. The molecule has 0 heterocycles. The number of nitrogens with one attached hydrogen (secondary N) is 1. The molecule has 6 heteroatoms. The zero-order chi connectivity index (χ0) is 20.3. The van der Waals surface area contributed by atoms with E-state index >= 15 is 0 Å². The van der Waals surface area contributed by atoms with Gasteiger partial charge in [-0.15, -0.1) is 23.2 Å². The number of rotatable bonds is 8. The summed E-state index contributed by atoms with van der Waals surface area (Å²) in [5, 5.41) is 3.28. The molecule has 0 saturated heterocycles. The molecule has 2 fully saturated rings. The number of alkyl halides is 2. The van der Waals surface area contributed by atoms with Crippen LogP contribution in [0.1, 0.15) is 52.4 Å². The summed E-state index contributed by atoms with van der Waals surface area (Å²) >= 11 is 18.7. The number of para-hydroxylation sites is 2. The molecule has 2 saturated carbocycles. The van der Waals surface area contributed by atoms with Crippen LogP contribution < -0.4 is 10.1 Å². The lowest BCUT2D eigenvalue weighted by Crippen LogP contribution is -2.38. The second kappa shape index (κ2) is 9.32. The fourth-order valence-electron chi connectivity index (χ4n) is 4.29. The van der Waals surface area contributed by atoms with E-state index in [1.165, 1.54) is 19.3 Å². The fraction of sp³-hybridized carbons (Fsp3) is 0.636. The maximum Gasteiger partial charge on any atom is 0.211 e. The number of carbonyl (C=O) groups excluding carboxylic acids is 1. The maximum atomic E-state index is 10.8. The lowest BCUT2D eigenvalue weighted by atomic mass is 9.69. The first-order valence-electron chi connectivity index (χ1n) is 10.1. The number of hydrogen-bond donors (Lipinski definition) is 1. The van der Waals surface area contributed by atoms with Gasteiger partial charge in [-0.25, -0.2) is 0 Å². The van der Waals surface area contributed by atoms with Crippen molar-refractivity contribution >= 4 is 52.6 Å². The first-order chi connectivity index (χ1) is 13.3. The van der Waals surface area contributed by atoms with Gasteiger partial charge in [-0.1, -0.05) is 38.8 Å². The molecule has 1 aromatic rings. The van der Waals surface area contributed by atoms with Crippen molar-refractivity contribution in [1.29, 1.82) is 0 Å². The van der Waals surface area contributed by atoms with E-state index in [9.17, 15) is 4.79 Å². The summed E-state index contributed by atoms with van der Waals surface area (Å²) in [7, 11) is 0. The molecular weight excluding hydrogens is 413 g/mol. The summed E-state index contributed by atoms with van der Waals surface area (Å²) in [6, 6.07) is 7.33. The van der Waals surface area contributed by atoms with Gasteiger partial charge in [0.05, 0.1) is 16.4 Å². The molecule has 154 valence electrons. The minimum Gasteiger partial charge on any atom is -0.448 e. The second-order valence-electron chi connectivity index (χ2n) is 8.94. The SMILES string of the molecule is CC(C)(CC1C[C@H](Cl)C(Cl)CC1CC1CC1)C(=S)Oc1ccccc1NC=O. The monoisotopic (exact) mass is 441 g/mol. The first-order valence-corrected chi connectivity index (χ1v) is 11.4. The highest BCUT2D eigenvalue weighted by molar-refractivity contribution is 7.80. The lowest BCUT2D eigenvalue weighted by Gasteiger charge is -2.40. The molecule has 3 unspecified atom stereocenters. The summed E-state index contributed by atoms with van der Waals surface area (Å²) in [6.07, 6.45) is 7.46. The molecule has 0 aliphatic heterocycles. The van der Waals surface area contributed by atoms with Gasteiger partial charge in [0.2, 0.25) is 6.41 Å². The Morgan fingerprint density at radius 1 is 1.21 bits per heavy atom. The molecule has 3 rings (SSSR count). The average molecular weight is 442 g/mol. The highest BCUT2D eigenvalue weighted by Gasteiger charge is 2.41. The summed E-state index contributed by atoms with van der Waals surface area (Å²) in [5.74, 6) is 2.55.